The third-order valence-electron chi connectivity index (χ3n) is 3.08. The Kier molecular flexibility index (Phi) is 5.47. The first kappa shape index (κ1) is 19.1. The van der Waals surface area contributed by atoms with Gasteiger partial charge in [0.1, 0.15) is 0 Å². The van der Waals surface area contributed by atoms with E-state index in [0.29, 0.717) is 0 Å². The van der Waals surface area contributed by atoms with Gasteiger partial charge in [-0.25, -0.2) is 16.8 Å². The lowest BCUT2D eigenvalue weighted by molar-refractivity contribution is 0.593. The lowest BCUT2D eigenvalue weighted by atomic mass is 10.2. The molecule has 0 aliphatic rings. The summed E-state index contributed by atoms with van der Waals surface area (Å²) in [5, 5.41) is 0. The fourth-order valence-corrected chi connectivity index (χ4v) is 5.49. The van der Waals surface area contributed by atoms with Gasteiger partial charge in [-0.1, -0.05) is 17.7 Å². The van der Waals surface area contributed by atoms with Crippen molar-refractivity contribution in [1.29, 1.82) is 0 Å². The molecule has 0 fully saturated rings. The van der Waals surface area contributed by atoms with Crippen LogP contribution in [0.3, 0.4) is 0 Å². The number of hydrogen-bond donors (Lipinski definition) is 0. The lowest BCUT2D eigenvalue weighted by Crippen LogP contribution is -2.17. The van der Waals surface area contributed by atoms with Crippen LogP contribution in [0.2, 0.25) is 0 Å². The molecule has 0 radical (unpaired) electrons. The van der Waals surface area contributed by atoms with Crippen LogP contribution in [0.1, 0.15) is 5.56 Å². The lowest BCUT2D eigenvalue weighted by Gasteiger charge is -2.14. The highest BCUT2D eigenvalue weighted by Crippen LogP contribution is 2.43. The summed E-state index contributed by atoms with van der Waals surface area (Å²) in [6, 6.07) is 11.5. The Morgan fingerprint density at radius 1 is 0.696 bits per heavy atom. The van der Waals surface area contributed by atoms with Gasteiger partial charge in [-0.15, -0.1) is 0 Å². The van der Waals surface area contributed by atoms with Crippen molar-refractivity contribution in [1.82, 2.24) is 0 Å². The molecule has 2 aromatic carbocycles. The van der Waals surface area contributed by atoms with Crippen LogP contribution < -0.4 is 0 Å². The topological polar surface area (TPSA) is 68.3 Å². The zero-order chi connectivity index (χ0) is 17.5. The van der Waals surface area contributed by atoms with Crippen molar-refractivity contribution in [2.75, 3.05) is 0 Å². The molecular weight excluding hydrogens is 536 g/mol. The average molecular weight is 547 g/mol. The molecular formula is C14H11Br3O4S2. The standard InChI is InChI=1S/C14H11Br3O4S2/c1-10-2-4-11(5-3-10)22(18,19)12-6-8-13(9-7-12)23(20,21)14(15,16)17/h2-9H,1H3. The minimum absolute atomic E-state index is 0.0222. The van der Waals surface area contributed by atoms with Crippen molar-refractivity contribution < 1.29 is 16.8 Å². The van der Waals surface area contributed by atoms with Gasteiger partial charge in [-0.2, -0.15) is 0 Å². The smallest absolute Gasteiger partial charge is 0.220 e. The second kappa shape index (κ2) is 6.59. The summed E-state index contributed by atoms with van der Waals surface area (Å²) in [5.41, 5.74) is 0.952. The van der Waals surface area contributed by atoms with Crippen molar-refractivity contribution in [3.8, 4) is 0 Å². The van der Waals surface area contributed by atoms with Crippen molar-refractivity contribution in [2.24, 2.45) is 0 Å². The van der Waals surface area contributed by atoms with Gasteiger partial charge in [-0.05, 0) is 91.1 Å². The number of aryl methyl sites for hydroxylation is 1. The number of rotatable bonds is 3. The monoisotopic (exact) mass is 544 g/mol. The summed E-state index contributed by atoms with van der Waals surface area (Å²) in [4.78, 5) is 0.171. The van der Waals surface area contributed by atoms with E-state index in [1.807, 2.05) is 6.92 Å². The molecule has 0 aromatic heterocycles. The quantitative estimate of drug-likeness (QED) is 0.535. The fourth-order valence-electron chi connectivity index (χ4n) is 1.79. The summed E-state index contributed by atoms with van der Waals surface area (Å²) in [6.07, 6.45) is 0. The summed E-state index contributed by atoms with van der Waals surface area (Å²) < 4.78 is 48.0. The first-order valence-electron chi connectivity index (χ1n) is 6.19. The summed E-state index contributed by atoms with van der Waals surface area (Å²) in [7, 11) is -7.44. The molecule has 124 valence electrons. The normalized spacial score (nSPS) is 13.0. The molecule has 0 spiro atoms. The van der Waals surface area contributed by atoms with Crippen LogP contribution in [0, 0.1) is 6.92 Å². The van der Waals surface area contributed by atoms with Crippen LogP contribution in [0.15, 0.2) is 63.2 Å². The van der Waals surface area contributed by atoms with E-state index in [2.05, 4.69) is 47.8 Å². The van der Waals surface area contributed by atoms with E-state index < -0.39 is 21.1 Å². The van der Waals surface area contributed by atoms with E-state index in [1.165, 1.54) is 36.4 Å². The maximum absolute atomic E-state index is 12.5. The molecule has 0 atom stereocenters. The van der Waals surface area contributed by atoms with E-state index in [-0.39, 0.29) is 14.7 Å². The molecule has 0 saturated carbocycles. The Balaban J connectivity index is 2.46. The van der Waals surface area contributed by atoms with Crippen molar-refractivity contribution in [3.63, 3.8) is 0 Å². The number of alkyl halides is 3. The first-order valence-corrected chi connectivity index (χ1v) is 11.5. The highest BCUT2D eigenvalue weighted by Gasteiger charge is 2.37. The maximum Gasteiger partial charge on any atom is 0.239 e. The minimum atomic E-state index is -3.75. The SMILES string of the molecule is Cc1ccc(S(=O)(=O)c2ccc(S(=O)(=O)C(Br)(Br)Br)cc2)cc1. The van der Waals surface area contributed by atoms with E-state index >= 15 is 0 Å². The fraction of sp³-hybridized carbons (Fsp3) is 0.143. The van der Waals surface area contributed by atoms with Crippen LogP contribution in [0.5, 0.6) is 0 Å². The van der Waals surface area contributed by atoms with E-state index in [9.17, 15) is 16.8 Å². The summed E-state index contributed by atoms with van der Waals surface area (Å²) in [6.45, 7) is 1.86. The molecule has 2 aromatic rings. The Morgan fingerprint density at radius 2 is 1.04 bits per heavy atom. The highest BCUT2D eigenvalue weighted by molar-refractivity contribution is 9.42. The van der Waals surface area contributed by atoms with E-state index in [4.69, 9.17) is 0 Å². The highest BCUT2D eigenvalue weighted by atomic mass is 80.0. The largest absolute Gasteiger partial charge is 0.239 e. The van der Waals surface area contributed by atoms with Gasteiger partial charge in [0.05, 0.1) is 14.7 Å². The molecule has 0 aliphatic carbocycles. The number of sulfone groups is 2. The predicted octanol–water partition coefficient (Wildman–Crippen LogP) is 4.40. The van der Waals surface area contributed by atoms with Gasteiger partial charge in [0, 0.05) is 0 Å². The van der Waals surface area contributed by atoms with Gasteiger partial charge in [-0.3, -0.25) is 0 Å². The molecule has 0 aliphatic heterocycles. The van der Waals surface area contributed by atoms with Crippen LogP contribution in [-0.2, 0) is 19.7 Å². The summed E-state index contributed by atoms with van der Waals surface area (Å²) >= 11 is 8.90. The zero-order valence-electron chi connectivity index (χ0n) is 11.7. The van der Waals surface area contributed by atoms with Gasteiger partial charge >= 0.3 is 0 Å². The molecule has 2 rings (SSSR count). The van der Waals surface area contributed by atoms with Crippen molar-refractivity contribution in [3.05, 3.63) is 54.1 Å². The van der Waals surface area contributed by atoms with E-state index in [1.54, 1.807) is 12.1 Å². The minimum Gasteiger partial charge on any atom is -0.220 e. The molecule has 0 bridgehead atoms. The molecule has 23 heavy (non-hydrogen) atoms. The Bertz CT molecular complexity index is 911. The van der Waals surface area contributed by atoms with Crippen LogP contribution in [0.4, 0.5) is 0 Å². The van der Waals surface area contributed by atoms with Crippen molar-refractivity contribution >= 4 is 67.5 Å². The Morgan fingerprint density at radius 3 is 1.43 bits per heavy atom. The van der Waals surface area contributed by atoms with Gasteiger partial charge < -0.3 is 0 Å². The van der Waals surface area contributed by atoms with Gasteiger partial charge in [0.25, 0.3) is 0 Å². The van der Waals surface area contributed by atoms with Crippen LogP contribution in [0.25, 0.3) is 0 Å². The number of hydrogen-bond acceptors (Lipinski definition) is 4. The molecule has 0 unspecified atom stereocenters. The molecule has 0 saturated heterocycles. The van der Waals surface area contributed by atoms with E-state index in [0.717, 1.165) is 5.56 Å². The zero-order valence-corrected chi connectivity index (χ0v) is 18.1. The second-order valence-corrected chi connectivity index (χ2v) is 17.1. The summed E-state index contributed by atoms with van der Waals surface area (Å²) in [5.74, 6) is 0. The van der Waals surface area contributed by atoms with Crippen molar-refractivity contribution in [2.45, 2.75) is 23.1 Å². The van der Waals surface area contributed by atoms with Gasteiger partial charge in [0.2, 0.25) is 21.1 Å². The number of halogens is 3. The molecule has 0 amide bonds. The van der Waals surface area contributed by atoms with Crippen LogP contribution >= 0.6 is 47.8 Å². The van der Waals surface area contributed by atoms with Crippen LogP contribution in [-0.4, -0.2) is 18.3 Å². The molecule has 4 nitrogen and oxygen atoms in total. The maximum atomic E-state index is 12.5. The third kappa shape index (κ3) is 3.89. The average Bonchev–Trinajstić information content (AvgIpc) is 2.46. The number of benzene rings is 2. The molecule has 0 N–H and O–H groups in total. The molecule has 0 heterocycles. The first-order chi connectivity index (χ1) is 10.5. The Hall–Kier alpha value is -0.220. The Labute approximate surface area is 160 Å². The second-order valence-electron chi connectivity index (χ2n) is 4.74. The molecule has 9 heteroatoms. The predicted molar refractivity (Wildman–Crippen MR) is 99.8 cm³/mol. The third-order valence-corrected chi connectivity index (χ3v) is 10.2. The van der Waals surface area contributed by atoms with Gasteiger partial charge in [0.15, 0.2) is 0 Å².